The van der Waals surface area contributed by atoms with Crippen LogP contribution in [0.5, 0.6) is 0 Å². The maximum atomic E-state index is 4.76. The summed E-state index contributed by atoms with van der Waals surface area (Å²) in [7, 11) is 0. The molecule has 0 saturated heterocycles. The average molecular weight is 517 g/mol. The fourth-order valence-corrected chi connectivity index (χ4v) is 4.56. The molecular formula is C22H41IN6. The van der Waals surface area contributed by atoms with Crippen LogP contribution < -0.4 is 10.6 Å². The number of nitrogens with zero attached hydrogens (tertiary/aromatic N) is 4. The summed E-state index contributed by atoms with van der Waals surface area (Å²) in [5.74, 6) is 4.30. The van der Waals surface area contributed by atoms with Gasteiger partial charge >= 0.3 is 0 Å². The number of halogens is 1. The van der Waals surface area contributed by atoms with Gasteiger partial charge in [0.2, 0.25) is 0 Å². The first-order valence-electron chi connectivity index (χ1n) is 11.8. The summed E-state index contributed by atoms with van der Waals surface area (Å²) in [6.07, 6.45) is 16.7. The molecule has 3 rings (SSSR count). The van der Waals surface area contributed by atoms with Crippen LogP contribution >= 0.6 is 24.0 Å². The fourth-order valence-electron chi connectivity index (χ4n) is 4.56. The van der Waals surface area contributed by atoms with Gasteiger partial charge in [-0.05, 0) is 38.5 Å². The quantitative estimate of drug-likeness (QED) is 0.209. The van der Waals surface area contributed by atoms with Crippen molar-refractivity contribution in [3.8, 4) is 0 Å². The summed E-state index contributed by atoms with van der Waals surface area (Å²) in [6, 6.07) is 0. The van der Waals surface area contributed by atoms with Crippen LogP contribution in [0.15, 0.2) is 4.99 Å². The number of fused-ring (bicyclic) bond motifs is 1. The summed E-state index contributed by atoms with van der Waals surface area (Å²) < 4.78 is 2.35. The second-order valence-electron chi connectivity index (χ2n) is 8.43. The highest BCUT2D eigenvalue weighted by molar-refractivity contribution is 14.0. The van der Waals surface area contributed by atoms with Gasteiger partial charge < -0.3 is 15.2 Å². The minimum Gasteiger partial charge on any atom is -0.357 e. The molecule has 1 fully saturated rings. The summed E-state index contributed by atoms with van der Waals surface area (Å²) in [5, 5.41) is 15.7. The zero-order valence-corrected chi connectivity index (χ0v) is 20.6. The van der Waals surface area contributed by atoms with Crippen LogP contribution in [0.4, 0.5) is 0 Å². The molecule has 0 spiro atoms. The van der Waals surface area contributed by atoms with Crippen LogP contribution in [-0.4, -0.2) is 40.4 Å². The highest BCUT2D eigenvalue weighted by Crippen LogP contribution is 2.28. The third-order valence-corrected chi connectivity index (χ3v) is 6.17. The van der Waals surface area contributed by atoms with Crippen molar-refractivity contribution < 1.29 is 0 Å². The molecule has 1 aromatic heterocycles. The maximum Gasteiger partial charge on any atom is 0.191 e. The van der Waals surface area contributed by atoms with E-state index in [9.17, 15) is 0 Å². The summed E-state index contributed by atoms with van der Waals surface area (Å²) >= 11 is 0. The van der Waals surface area contributed by atoms with Gasteiger partial charge in [-0.3, -0.25) is 4.99 Å². The Morgan fingerprint density at radius 3 is 2.72 bits per heavy atom. The smallest absolute Gasteiger partial charge is 0.191 e. The molecule has 29 heavy (non-hydrogen) atoms. The van der Waals surface area contributed by atoms with Gasteiger partial charge in [0, 0.05) is 39.0 Å². The van der Waals surface area contributed by atoms with Gasteiger partial charge in [0.15, 0.2) is 5.96 Å². The first-order chi connectivity index (χ1) is 13.9. The Bertz CT molecular complexity index is 594. The number of hydrogen-bond donors (Lipinski definition) is 2. The number of aromatic nitrogens is 3. The third-order valence-electron chi connectivity index (χ3n) is 6.17. The SMILES string of the molecule is CCNC(=NCCCc1nnc2n1CCCCC2)NCCCCC1CCCC1.I. The summed E-state index contributed by atoms with van der Waals surface area (Å²) in [4.78, 5) is 4.76. The molecular weight excluding hydrogens is 475 g/mol. The molecule has 2 N–H and O–H groups in total. The van der Waals surface area contributed by atoms with Crippen molar-refractivity contribution >= 4 is 29.9 Å². The second kappa shape index (κ2) is 14.2. The summed E-state index contributed by atoms with van der Waals surface area (Å²) in [6.45, 7) is 5.98. The van der Waals surface area contributed by atoms with E-state index in [1.165, 1.54) is 70.0 Å². The lowest BCUT2D eigenvalue weighted by Crippen LogP contribution is -2.37. The molecule has 166 valence electrons. The Morgan fingerprint density at radius 2 is 1.90 bits per heavy atom. The maximum absolute atomic E-state index is 4.76. The Kier molecular flexibility index (Phi) is 12.0. The van der Waals surface area contributed by atoms with Crippen LogP contribution in [0.2, 0.25) is 0 Å². The van der Waals surface area contributed by atoms with Crippen molar-refractivity contribution in [2.24, 2.45) is 10.9 Å². The molecule has 0 aromatic carbocycles. The molecule has 2 aliphatic rings. The van der Waals surface area contributed by atoms with E-state index < -0.39 is 0 Å². The van der Waals surface area contributed by atoms with Crippen LogP contribution in [0, 0.1) is 5.92 Å². The van der Waals surface area contributed by atoms with Gasteiger partial charge in [-0.25, -0.2) is 0 Å². The number of guanidine groups is 1. The van der Waals surface area contributed by atoms with Gasteiger partial charge in [-0.2, -0.15) is 0 Å². The van der Waals surface area contributed by atoms with E-state index in [4.69, 9.17) is 4.99 Å². The fraction of sp³-hybridized carbons (Fsp3) is 0.864. The standard InChI is InChI=1S/C22H40N6.HI/c1-2-23-22(24-16-8-7-13-19-11-5-6-12-19)25-17-10-15-21-27-26-20-14-4-3-9-18-28(20)21;/h19H,2-18H2,1H3,(H2,23,24,25);1H. The number of aryl methyl sites for hydroxylation is 2. The van der Waals surface area contributed by atoms with Gasteiger partial charge in [0.25, 0.3) is 0 Å². The molecule has 0 bridgehead atoms. The highest BCUT2D eigenvalue weighted by Gasteiger charge is 2.15. The van der Waals surface area contributed by atoms with Crippen LogP contribution in [0.25, 0.3) is 0 Å². The first-order valence-corrected chi connectivity index (χ1v) is 11.8. The van der Waals surface area contributed by atoms with E-state index in [2.05, 4.69) is 32.3 Å². The number of rotatable bonds is 10. The Hall–Kier alpha value is -0.860. The van der Waals surface area contributed by atoms with Gasteiger partial charge in [0.05, 0.1) is 0 Å². The number of unbranched alkanes of at least 4 members (excludes halogenated alkanes) is 1. The first kappa shape index (κ1) is 24.4. The van der Waals surface area contributed by atoms with Crippen molar-refractivity contribution in [1.82, 2.24) is 25.4 Å². The molecule has 1 aromatic rings. The molecule has 1 aliphatic heterocycles. The van der Waals surface area contributed by atoms with Crippen LogP contribution in [0.1, 0.15) is 89.2 Å². The highest BCUT2D eigenvalue weighted by atomic mass is 127. The lowest BCUT2D eigenvalue weighted by atomic mass is 10.0. The van der Waals surface area contributed by atoms with Crippen molar-refractivity contribution in [1.29, 1.82) is 0 Å². The Morgan fingerprint density at radius 1 is 1.03 bits per heavy atom. The number of nitrogens with one attached hydrogen (secondary N) is 2. The zero-order chi connectivity index (χ0) is 19.4. The molecule has 0 atom stereocenters. The second-order valence-corrected chi connectivity index (χ2v) is 8.43. The lowest BCUT2D eigenvalue weighted by Gasteiger charge is -2.12. The van der Waals surface area contributed by atoms with E-state index in [-0.39, 0.29) is 24.0 Å². The molecule has 1 saturated carbocycles. The van der Waals surface area contributed by atoms with E-state index in [1.807, 2.05) is 0 Å². The van der Waals surface area contributed by atoms with Crippen molar-refractivity contribution in [2.75, 3.05) is 19.6 Å². The minimum atomic E-state index is 0. The monoisotopic (exact) mass is 516 g/mol. The predicted octanol–water partition coefficient (Wildman–Crippen LogP) is 4.47. The largest absolute Gasteiger partial charge is 0.357 e. The molecule has 0 unspecified atom stereocenters. The van der Waals surface area contributed by atoms with Crippen molar-refractivity contribution in [2.45, 2.75) is 96.9 Å². The number of hydrogen-bond acceptors (Lipinski definition) is 3. The Labute approximate surface area is 194 Å². The zero-order valence-electron chi connectivity index (χ0n) is 18.3. The van der Waals surface area contributed by atoms with Crippen LogP contribution in [-0.2, 0) is 19.4 Å². The molecule has 0 radical (unpaired) electrons. The van der Waals surface area contributed by atoms with Gasteiger partial charge in [-0.1, -0.05) is 44.9 Å². The minimum absolute atomic E-state index is 0. The molecule has 0 amide bonds. The van der Waals surface area contributed by atoms with E-state index in [1.54, 1.807) is 0 Å². The third kappa shape index (κ3) is 8.42. The lowest BCUT2D eigenvalue weighted by molar-refractivity contribution is 0.472. The van der Waals surface area contributed by atoms with E-state index in [0.29, 0.717) is 0 Å². The molecule has 1 aliphatic carbocycles. The van der Waals surface area contributed by atoms with Crippen molar-refractivity contribution in [3.63, 3.8) is 0 Å². The molecule has 7 heteroatoms. The van der Waals surface area contributed by atoms with E-state index >= 15 is 0 Å². The topological polar surface area (TPSA) is 67.1 Å². The van der Waals surface area contributed by atoms with Gasteiger partial charge in [0.1, 0.15) is 11.6 Å². The van der Waals surface area contributed by atoms with Crippen LogP contribution in [0.3, 0.4) is 0 Å². The van der Waals surface area contributed by atoms with E-state index in [0.717, 1.165) is 63.1 Å². The molecule has 2 heterocycles. The Balaban J connectivity index is 0.00000300. The van der Waals surface area contributed by atoms with Crippen molar-refractivity contribution in [3.05, 3.63) is 11.6 Å². The normalized spacial score (nSPS) is 17.5. The predicted molar refractivity (Wildman–Crippen MR) is 131 cm³/mol. The molecule has 6 nitrogen and oxygen atoms in total. The average Bonchev–Trinajstić information content (AvgIpc) is 3.29. The number of aliphatic imine (C=N–C) groups is 1. The summed E-state index contributed by atoms with van der Waals surface area (Å²) in [5.41, 5.74) is 0. The van der Waals surface area contributed by atoms with Gasteiger partial charge in [-0.15, -0.1) is 34.2 Å².